The number of esters is 1. The van der Waals surface area contributed by atoms with E-state index in [0.717, 1.165) is 30.2 Å². The number of nitrogens with zero attached hydrogens (tertiary/aromatic N) is 1. The molecule has 5 nitrogen and oxygen atoms in total. The molecule has 120 valence electrons. The van der Waals surface area contributed by atoms with Gasteiger partial charge in [-0.25, -0.2) is 0 Å². The van der Waals surface area contributed by atoms with Crippen molar-refractivity contribution in [2.45, 2.75) is 30.4 Å². The van der Waals surface area contributed by atoms with E-state index >= 15 is 0 Å². The Hall–Kier alpha value is -1.53. The Labute approximate surface area is 135 Å². The maximum Gasteiger partial charge on any atom is 0.307 e. The Bertz CT molecular complexity index is 532. The third kappa shape index (κ3) is 4.48. The molecule has 1 N–H and O–H groups in total. The molecule has 0 unspecified atom stereocenters. The summed E-state index contributed by atoms with van der Waals surface area (Å²) in [4.78, 5) is 27.1. The lowest BCUT2D eigenvalue weighted by Gasteiger charge is -2.23. The zero-order valence-corrected chi connectivity index (χ0v) is 13.8. The summed E-state index contributed by atoms with van der Waals surface area (Å²) in [6.45, 7) is 7.12. The van der Waals surface area contributed by atoms with Crippen LogP contribution in [-0.4, -0.2) is 48.3 Å². The first-order chi connectivity index (χ1) is 10.6. The molecule has 0 aliphatic carbocycles. The lowest BCUT2D eigenvalue weighted by atomic mass is 10.2. The highest BCUT2D eigenvalue weighted by atomic mass is 32.2. The van der Waals surface area contributed by atoms with Crippen molar-refractivity contribution in [1.29, 1.82) is 0 Å². The average molecular weight is 322 g/mol. The van der Waals surface area contributed by atoms with Gasteiger partial charge < -0.3 is 15.0 Å². The fourth-order valence-corrected chi connectivity index (χ4v) is 3.36. The molecule has 1 aliphatic heterocycles. The lowest BCUT2D eigenvalue weighted by Crippen LogP contribution is -2.32. The van der Waals surface area contributed by atoms with Gasteiger partial charge in [0.2, 0.25) is 5.91 Å². The van der Waals surface area contributed by atoms with Gasteiger partial charge in [0.25, 0.3) is 0 Å². The van der Waals surface area contributed by atoms with Crippen LogP contribution in [0.3, 0.4) is 0 Å². The molecule has 0 saturated carbocycles. The second-order valence-electron chi connectivity index (χ2n) is 5.04. The summed E-state index contributed by atoms with van der Waals surface area (Å²) < 4.78 is 5.24. The van der Waals surface area contributed by atoms with Crippen LogP contribution in [-0.2, 0) is 14.3 Å². The highest BCUT2D eigenvalue weighted by molar-refractivity contribution is 8.01. The van der Waals surface area contributed by atoms with Crippen molar-refractivity contribution in [2.24, 2.45) is 0 Å². The van der Waals surface area contributed by atoms with Crippen molar-refractivity contribution in [3.8, 4) is 0 Å². The predicted octanol–water partition coefficient (Wildman–Crippen LogP) is 2.37. The molecule has 0 saturated heterocycles. The second-order valence-corrected chi connectivity index (χ2v) is 6.29. The number of thioether (sulfide) groups is 1. The molecular formula is C16H22N2O3S. The Kier molecular flexibility index (Phi) is 6.27. The number of ether oxygens (including phenoxy) is 1. The molecule has 0 radical (unpaired) electrons. The first-order valence-corrected chi connectivity index (χ1v) is 8.46. The third-order valence-electron chi connectivity index (χ3n) is 3.62. The largest absolute Gasteiger partial charge is 0.464 e. The number of likely N-dealkylation sites (N-methyl/N-ethyl adjacent to an activating group) is 1. The molecule has 1 aliphatic rings. The highest BCUT2D eigenvalue weighted by Crippen LogP contribution is 2.36. The summed E-state index contributed by atoms with van der Waals surface area (Å²) in [6, 6.07) is 7.60. The maximum atomic E-state index is 12.0. The van der Waals surface area contributed by atoms with Crippen LogP contribution in [0, 0.1) is 0 Å². The van der Waals surface area contributed by atoms with Gasteiger partial charge in [0.1, 0.15) is 6.61 Å². The number of carbonyl (C=O) groups excluding carboxylic acids is 2. The maximum absolute atomic E-state index is 12.0. The van der Waals surface area contributed by atoms with Crippen LogP contribution < -0.4 is 5.32 Å². The molecule has 6 heteroatoms. The normalized spacial score (nSPS) is 17.0. The number of nitrogens with one attached hydrogen (secondary N) is 1. The minimum absolute atomic E-state index is 0.100. The molecular weight excluding hydrogens is 300 g/mol. The van der Waals surface area contributed by atoms with E-state index in [1.54, 1.807) is 0 Å². The number of hydrogen-bond donors (Lipinski definition) is 1. The quantitative estimate of drug-likeness (QED) is 0.781. The van der Waals surface area contributed by atoms with Crippen LogP contribution in [0.25, 0.3) is 0 Å². The zero-order valence-electron chi connectivity index (χ0n) is 13.0. The van der Waals surface area contributed by atoms with E-state index in [1.165, 1.54) is 11.8 Å². The van der Waals surface area contributed by atoms with Gasteiger partial charge in [0, 0.05) is 11.4 Å². The summed E-state index contributed by atoms with van der Waals surface area (Å²) in [5, 5.41) is 2.41. The van der Waals surface area contributed by atoms with E-state index < -0.39 is 5.25 Å². The molecule has 1 heterocycles. The molecule has 0 bridgehead atoms. The van der Waals surface area contributed by atoms with Crippen molar-refractivity contribution in [3.63, 3.8) is 0 Å². The van der Waals surface area contributed by atoms with Crippen molar-refractivity contribution in [3.05, 3.63) is 24.3 Å². The Balaban J connectivity index is 1.81. The number of rotatable bonds is 7. The van der Waals surface area contributed by atoms with E-state index in [2.05, 4.69) is 24.1 Å². The van der Waals surface area contributed by atoms with Gasteiger partial charge in [0.05, 0.1) is 17.4 Å². The Morgan fingerprint density at radius 2 is 2.05 bits per heavy atom. The molecule has 22 heavy (non-hydrogen) atoms. The number of carbonyl (C=O) groups is 2. The number of fused-ring (bicyclic) bond motifs is 1. The smallest absolute Gasteiger partial charge is 0.307 e. The molecule has 1 aromatic rings. The highest BCUT2D eigenvalue weighted by Gasteiger charge is 2.29. The average Bonchev–Trinajstić information content (AvgIpc) is 2.52. The SMILES string of the molecule is CCN(CC)CCOC(=O)C[C@@H]1Sc2ccccc2NC1=O. The number of benzene rings is 1. The minimum atomic E-state index is -0.421. The van der Waals surface area contributed by atoms with E-state index in [0.29, 0.717) is 6.61 Å². The van der Waals surface area contributed by atoms with Crippen LogP contribution in [0.5, 0.6) is 0 Å². The van der Waals surface area contributed by atoms with Crippen LogP contribution in [0.2, 0.25) is 0 Å². The number of para-hydroxylation sites is 1. The van der Waals surface area contributed by atoms with Gasteiger partial charge in [-0.3, -0.25) is 9.59 Å². The van der Waals surface area contributed by atoms with Gasteiger partial charge in [-0.1, -0.05) is 26.0 Å². The standard InChI is InChI=1S/C16H22N2O3S/c1-3-18(4-2)9-10-21-15(19)11-14-16(20)17-12-7-5-6-8-13(12)22-14/h5-8,14H,3-4,9-11H2,1-2H3,(H,17,20)/t14-/m0/s1. The summed E-state index contributed by atoms with van der Waals surface area (Å²) in [7, 11) is 0. The fraction of sp³-hybridized carbons (Fsp3) is 0.500. The Morgan fingerprint density at radius 1 is 1.32 bits per heavy atom. The molecule has 0 fully saturated rings. The van der Waals surface area contributed by atoms with Gasteiger partial charge in [-0.05, 0) is 25.2 Å². The van der Waals surface area contributed by atoms with E-state index in [-0.39, 0.29) is 18.3 Å². The van der Waals surface area contributed by atoms with E-state index in [1.807, 2.05) is 24.3 Å². The van der Waals surface area contributed by atoms with Crippen molar-refractivity contribution >= 4 is 29.3 Å². The van der Waals surface area contributed by atoms with Crippen molar-refractivity contribution < 1.29 is 14.3 Å². The van der Waals surface area contributed by atoms with Crippen molar-refractivity contribution in [1.82, 2.24) is 4.90 Å². The number of amides is 1. The van der Waals surface area contributed by atoms with Crippen LogP contribution >= 0.6 is 11.8 Å². The minimum Gasteiger partial charge on any atom is -0.464 e. The number of hydrogen-bond acceptors (Lipinski definition) is 5. The first-order valence-electron chi connectivity index (χ1n) is 7.58. The van der Waals surface area contributed by atoms with E-state index in [9.17, 15) is 9.59 Å². The van der Waals surface area contributed by atoms with Crippen molar-refractivity contribution in [2.75, 3.05) is 31.6 Å². The predicted molar refractivity (Wildman–Crippen MR) is 88.1 cm³/mol. The second kappa shape index (κ2) is 8.19. The summed E-state index contributed by atoms with van der Waals surface area (Å²) in [5.74, 6) is -0.455. The molecule has 0 aromatic heterocycles. The zero-order chi connectivity index (χ0) is 15.9. The fourth-order valence-electron chi connectivity index (χ4n) is 2.27. The Morgan fingerprint density at radius 3 is 2.77 bits per heavy atom. The molecule has 2 rings (SSSR count). The van der Waals surface area contributed by atoms with Crippen LogP contribution in [0.1, 0.15) is 20.3 Å². The van der Waals surface area contributed by atoms with Gasteiger partial charge in [-0.15, -0.1) is 11.8 Å². The molecule has 1 atom stereocenters. The van der Waals surface area contributed by atoms with Gasteiger partial charge >= 0.3 is 5.97 Å². The van der Waals surface area contributed by atoms with Gasteiger partial charge in [0.15, 0.2) is 0 Å². The van der Waals surface area contributed by atoms with E-state index in [4.69, 9.17) is 4.74 Å². The van der Waals surface area contributed by atoms with Gasteiger partial charge in [-0.2, -0.15) is 0 Å². The van der Waals surface area contributed by atoms with Crippen LogP contribution in [0.15, 0.2) is 29.2 Å². The van der Waals surface area contributed by atoms with Crippen LogP contribution in [0.4, 0.5) is 5.69 Å². The summed E-state index contributed by atoms with van der Waals surface area (Å²) in [5.41, 5.74) is 0.809. The third-order valence-corrected chi connectivity index (χ3v) is 4.90. The molecule has 0 spiro atoms. The summed E-state index contributed by atoms with van der Waals surface area (Å²) >= 11 is 1.42. The molecule has 1 amide bonds. The number of anilines is 1. The lowest BCUT2D eigenvalue weighted by molar-refractivity contribution is -0.144. The first kappa shape index (κ1) is 16.8. The monoisotopic (exact) mass is 322 g/mol. The molecule has 1 aromatic carbocycles. The summed E-state index contributed by atoms with van der Waals surface area (Å²) in [6.07, 6.45) is 0.100. The topological polar surface area (TPSA) is 58.6 Å².